The van der Waals surface area contributed by atoms with Gasteiger partial charge >= 0.3 is 5.97 Å². The van der Waals surface area contributed by atoms with Crippen molar-refractivity contribution in [3.05, 3.63) is 59.7 Å². The van der Waals surface area contributed by atoms with Crippen LogP contribution in [0.2, 0.25) is 0 Å². The van der Waals surface area contributed by atoms with E-state index in [9.17, 15) is 14.4 Å². The molecule has 0 fully saturated rings. The summed E-state index contributed by atoms with van der Waals surface area (Å²) in [6.45, 7) is 3.61. The molecule has 3 N–H and O–H groups in total. The fraction of sp³-hybridized carbons (Fsp3) is 0.250. The highest BCUT2D eigenvalue weighted by Crippen LogP contribution is 2.12. The summed E-state index contributed by atoms with van der Waals surface area (Å²) in [5, 5.41) is 2.60. The van der Waals surface area contributed by atoms with Crippen LogP contribution in [0.3, 0.4) is 0 Å². The number of nitrogens with one attached hydrogen (secondary N) is 1. The molecule has 0 heterocycles. The lowest BCUT2D eigenvalue weighted by Gasteiger charge is -2.14. The molecular weight excluding hydrogens is 348 g/mol. The van der Waals surface area contributed by atoms with E-state index in [0.717, 1.165) is 5.56 Å². The van der Waals surface area contributed by atoms with E-state index in [2.05, 4.69) is 5.32 Å². The Labute approximate surface area is 157 Å². The standard InChI is InChI=1S/C20H22N2O5/c1-13-3-9-17(10-4-13)26-12-11-18(23)27-14(2)20(25)22-16-7-5-15(6-8-16)19(21)24/h3-10,14H,11-12H2,1-2H3,(H2,21,24)(H,22,25)/t14-/m1/s1. The third-order valence-corrected chi connectivity index (χ3v) is 3.71. The Morgan fingerprint density at radius 2 is 1.67 bits per heavy atom. The molecular formula is C20H22N2O5. The zero-order valence-electron chi connectivity index (χ0n) is 15.2. The Balaban J connectivity index is 1.75. The third-order valence-electron chi connectivity index (χ3n) is 3.71. The van der Waals surface area contributed by atoms with Gasteiger partial charge in [-0.3, -0.25) is 14.4 Å². The maximum absolute atomic E-state index is 12.1. The van der Waals surface area contributed by atoms with Gasteiger partial charge in [-0.25, -0.2) is 0 Å². The van der Waals surface area contributed by atoms with E-state index in [1.807, 2.05) is 31.2 Å². The molecule has 0 unspecified atom stereocenters. The minimum atomic E-state index is -0.965. The lowest BCUT2D eigenvalue weighted by atomic mass is 10.2. The molecule has 2 rings (SSSR count). The summed E-state index contributed by atoms with van der Waals surface area (Å²) in [7, 11) is 0. The first kappa shape index (κ1) is 20.0. The number of benzene rings is 2. The normalized spacial score (nSPS) is 11.3. The zero-order chi connectivity index (χ0) is 19.8. The largest absolute Gasteiger partial charge is 0.493 e. The maximum atomic E-state index is 12.1. The first-order valence-corrected chi connectivity index (χ1v) is 8.45. The number of ether oxygens (including phenoxy) is 2. The van der Waals surface area contributed by atoms with Gasteiger partial charge in [-0.05, 0) is 50.2 Å². The minimum absolute atomic E-state index is 0.0266. The summed E-state index contributed by atoms with van der Waals surface area (Å²) in [5.41, 5.74) is 7.08. The van der Waals surface area contributed by atoms with Crippen LogP contribution in [0.5, 0.6) is 5.75 Å². The lowest BCUT2D eigenvalue weighted by Crippen LogP contribution is -2.30. The Kier molecular flexibility index (Phi) is 6.93. The van der Waals surface area contributed by atoms with Gasteiger partial charge in [-0.15, -0.1) is 0 Å². The van der Waals surface area contributed by atoms with Crippen molar-refractivity contribution >= 4 is 23.5 Å². The van der Waals surface area contributed by atoms with Crippen molar-refractivity contribution in [1.29, 1.82) is 0 Å². The quantitative estimate of drug-likeness (QED) is 0.694. The van der Waals surface area contributed by atoms with Crippen LogP contribution in [-0.4, -0.2) is 30.5 Å². The van der Waals surface area contributed by atoms with Gasteiger partial charge in [-0.2, -0.15) is 0 Å². The van der Waals surface area contributed by atoms with Crippen molar-refractivity contribution in [3.8, 4) is 5.75 Å². The van der Waals surface area contributed by atoms with E-state index < -0.39 is 23.9 Å². The Bertz CT molecular complexity index is 800. The summed E-state index contributed by atoms with van der Waals surface area (Å²) < 4.78 is 10.6. The van der Waals surface area contributed by atoms with E-state index >= 15 is 0 Å². The van der Waals surface area contributed by atoms with Crippen LogP contribution in [0, 0.1) is 6.92 Å². The molecule has 7 nitrogen and oxygen atoms in total. The average molecular weight is 370 g/mol. The molecule has 0 aliphatic heterocycles. The smallest absolute Gasteiger partial charge is 0.310 e. The number of rotatable bonds is 8. The van der Waals surface area contributed by atoms with Crippen LogP contribution in [0.1, 0.15) is 29.3 Å². The molecule has 0 bridgehead atoms. The van der Waals surface area contributed by atoms with Gasteiger partial charge in [-0.1, -0.05) is 17.7 Å². The number of hydrogen-bond donors (Lipinski definition) is 2. The van der Waals surface area contributed by atoms with Crippen molar-refractivity contribution < 1.29 is 23.9 Å². The van der Waals surface area contributed by atoms with Crippen LogP contribution < -0.4 is 15.8 Å². The lowest BCUT2D eigenvalue weighted by molar-refractivity contribution is -0.153. The maximum Gasteiger partial charge on any atom is 0.310 e. The summed E-state index contributed by atoms with van der Waals surface area (Å²) in [6, 6.07) is 13.5. The first-order valence-electron chi connectivity index (χ1n) is 8.45. The fourth-order valence-electron chi connectivity index (χ4n) is 2.16. The molecule has 1 atom stereocenters. The topological polar surface area (TPSA) is 108 Å². The van der Waals surface area contributed by atoms with Crippen molar-refractivity contribution in [2.75, 3.05) is 11.9 Å². The second-order valence-corrected chi connectivity index (χ2v) is 5.97. The molecule has 0 aliphatic carbocycles. The average Bonchev–Trinajstić information content (AvgIpc) is 2.63. The Morgan fingerprint density at radius 1 is 1.04 bits per heavy atom. The predicted molar refractivity (Wildman–Crippen MR) is 100 cm³/mol. The van der Waals surface area contributed by atoms with E-state index in [-0.39, 0.29) is 13.0 Å². The molecule has 0 aliphatic rings. The molecule has 0 saturated carbocycles. The first-order chi connectivity index (χ1) is 12.8. The molecule has 2 amide bonds. The molecule has 2 aromatic carbocycles. The highest BCUT2D eigenvalue weighted by Gasteiger charge is 2.18. The van der Waals surface area contributed by atoms with Crippen molar-refractivity contribution in [2.24, 2.45) is 5.73 Å². The number of carbonyl (C=O) groups is 3. The van der Waals surface area contributed by atoms with Crippen LogP contribution in [0.25, 0.3) is 0 Å². The van der Waals surface area contributed by atoms with E-state index in [1.54, 1.807) is 12.1 Å². The van der Waals surface area contributed by atoms with Gasteiger partial charge in [0.15, 0.2) is 6.10 Å². The summed E-state index contributed by atoms with van der Waals surface area (Å²) in [4.78, 5) is 34.9. The van der Waals surface area contributed by atoms with Gasteiger partial charge in [0, 0.05) is 11.3 Å². The van der Waals surface area contributed by atoms with Crippen LogP contribution in [0.15, 0.2) is 48.5 Å². The molecule has 27 heavy (non-hydrogen) atoms. The number of anilines is 1. The molecule has 0 saturated heterocycles. The SMILES string of the molecule is Cc1ccc(OCCC(=O)O[C@H](C)C(=O)Nc2ccc(C(N)=O)cc2)cc1. The highest BCUT2D eigenvalue weighted by molar-refractivity contribution is 5.96. The van der Waals surface area contributed by atoms with Crippen molar-refractivity contribution in [2.45, 2.75) is 26.4 Å². The van der Waals surface area contributed by atoms with E-state index in [0.29, 0.717) is 17.0 Å². The number of carbonyl (C=O) groups excluding carboxylic acids is 3. The highest BCUT2D eigenvalue weighted by atomic mass is 16.5. The van der Waals surface area contributed by atoms with E-state index in [4.69, 9.17) is 15.2 Å². The van der Waals surface area contributed by atoms with Gasteiger partial charge in [0.1, 0.15) is 5.75 Å². The van der Waals surface area contributed by atoms with Gasteiger partial charge < -0.3 is 20.5 Å². The fourth-order valence-corrected chi connectivity index (χ4v) is 2.16. The van der Waals surface area contributed by atoms with Gasteiger partial charge in [0.25, 0.3) is 5.91 Å². The second kappa shape index (κ2) is 9.38. The van der Waals surface area contributed by atoms with Crippen LogP contribution in [0.4, 0.5) is 5.69 Å². The third kappa shape index (κ3) is 6.47. The number of aryl methyl sites for hydroxylation is 1. The van der Waals surface area contributed by atoms with Crippen molar-refractivity contribution in [1.82, 2.24) is 0 Å². The Morgan fingerprint density at radius 3 is 2.26 bits per heavy atom. The van der Waals surface area contributed by atoms with Gasteiger partial charge in [0.2, 0.25) is 5.91 Å². The minimum Gasteiger partial charge on any atom is -0.493 e. The van der Waals surface area contributed by atoms with Crippen LogP contribution >= 0.6 is 0 Å². The summed E-state index contributed by atoms with van der Waals surface area (Å²) in [6.07, 6.45) is -0.939. The number of hydrogen-bond acceptors (Lipinski definition) is 5. The Hall–Kier alpha value is -3.35. The van der Waals surface area contributed by atoms with Gasteiger partial charge in [0.05, 0.1) is 13.0 Å². The van der Waals surface area contributed by atoms with E-state index in [1.165, 1.54) is 19.1 Å². The zero-order valence-corrected chi connectivity index (χ0v) is 15.2. The summed E-state index contributed by atoms with van der Waals surface area (Å²) >= 11 is 0. The molecule has 2 aromatic rings. The monoisotopic (exact) mass is 370 g/mol. The molecule has 0 spiro atoms. The number of esters is 1. The molecule has 0 radical (unpaired) electrons. The summed E-state index contributed by atoms with van der Waals surface area (Å²) in [5.74, 6) is -0.898. The number of amides is 2. The number of primary amides is 1. The molecule has 0 aromatic heterocycles. The van der Waals surface area contributed by atoms with Crippen molar-refractivity contribution in [3.63, 3.8) is 0 Å². The second-order valence-electron chi connectivity index (χ2n) is 5.97. The number of nitrogens with two attached hydrogens (primary N) is 1. The predicted octanol–water partition coefficient (Wildman–Crippen LogP) is 2.43. The van der Waals surface area contributed by atoms with Crippen LogP contribution in [-0.2, 0) is 14.3 Å². The molecule has 7 heteroatoms. The molecule has 142 valence electrons.